The molecular weight excluding hydrogens is 338 g/mol. The van der Waals surface area contributed by atoms with Crippen molar-refractivity contribution in [3.05, 3.63) is 28.7 Å². The number of ether oxygens (including phenoxy) is 1. The monoisotopic (exact) mass is 357 g/mol. The largest absolute Gasteiger partial charge is 0.493 e. The van der Waals surface area contributed by atoms with E-state index in [1.807, 2.05) is 39.0 Å². The lowest BCUT2D eigenvalue weighted by molar-refractivity contribution is -0.148. The molecule has 0 aliphatic heterocycles. The number of rotatable bonds is 6. The Morgan fingerprint density at radius 2 is 2.00 bits per heavy atom. The molecular formula is C15H20BrNO4. The summed E-state index contributed by atoms with van der Waals surface area (Å²) in [4.78, 5) is 24.4. The predicted octanol–water partition coefficient (Wildman–Crippen LogP) is 2.93. The number of carbonyl (C=O) groups excluding carboxylic acids is 1. The lowest BCUT2D eigenvalue weighted by Crippen LogP contribution is -2.48. The van der Waals surface area contributed by atoms with E-state index in [0.29, 0.717) is 5.75 Å². The molecule has 1 rings (SSSR count). The molecule has 0 saturated carbocycles. The highest BCUT2D eigenvalue weighted by Crippen LogP contribution is 2.18. The molecule has 0 unspecified atom stereocenters. The summed E-state index contributed by atoms with van der Waals surface area (Å²) in [6.07, 6.45) is 0.136. The summed E-state index contributed by atoms with van der Waals surface area (Å²) in [7, 11) is 0. The Labute approximate surface area is 133 Å². The van der Waals surface area contributed by atoms with Gasteiger partial charge in [0.25, 0.3) is 0 Å². The lowest BCUT2D eigenvalue weighted by Gasteiger charge is -2.34. The van der Waals surface area contributed by atoms with Gasteiger partial charge in [-0.25, -0.2) is 0 Å². The van der Waals surface area contributed by atoms with Gasteiger partial charge in [-0.1, -0.05) is 22.0 Å². The zero-order valence-electron chi connectivity index (χ0n) is 12.4. The first-order valence-corrected chi connectivity index (χ1v) is 7.40. The second-order valence-electron chi connectivity index (χ2n) is 5.60. The van der Waals surface area contributed by atoms with E-state index in [-0.39, 0.29) is 25.5 Å². The zero-order valence-corrected chi connectivity index (χ0v) is 14.0. The highest BCUT2D eigenvalue weighted by molar-refractivity contribution is 9.10. The van der Waals surface area contributed by atoms with Crippen molar-refractivity contribution in [2.24, 2.45) is 0 Å². The van der Waals surface area contributed by atoms with E-state index in [9.17, 15) is 9.59 Å². The summed E-state index contributed by atoms with van der Waals surface area (Å²) in [5, 5.41) is 8.90. The second kappa shape index (κ2) is 7.45. The minimum absolute atomic E-state index is 0.136. The van der Waals surface area contributed by atoms with Crippen LogP contribution in [0.5, 0.6) is 5.75 Å². The van der Waals surface area contributed by atoms with Crippen LogP contribution in [0.15, 0.2) is 28.7 Å². The Morgan fingerprint density at radius 3 is 2.52 bits per heavy atom. The third-order valence-electron chi connectivity index (χ3n) is 2.78. The average molecular weight is 358 g/mol. The minimum Gasteiger partial charge on any atom is -0.493 e. The van der Waals surface area contributed by atoms with Gasteiger partial charge in [-0.05, 0) is 39.0 Å². The Balaban J connectivity index is 2.56. The average Bonchev–Trinajstić information content (AvgIpc) is 2.34. The molecule has 0 aromatic heterocycles. The van der Waals surface area contributed by atoms with Gasteiger partial charge in [-0.15, -0.1) is 0 Å². The summed E-state index contributed by atoms with van der Waals surface area (Å²) >= 11 is 3.34. The van der Waals surface area contributed by atoms with Crippen LogP contribution in [0.4, 0.5) is 0 Å². The van der Waals surface area contributed by atoms with Crippen LogP contribution in [0.2, 0.25) is 0 Å². The number of amides is 1. The summed E-state index contributed by atoms with van der Waals surface area (Å²) in [6.45, 7) is 5.33. The Morgan fingerprint density at radius 1 is 1.33 bits per heavy atom. The standard InChI is InChI=1S/C15H20BrNO4/c1-15(2,3)17(10-14(19)20)13(18)7-8-21-12-6-4-5-11(16)9-12/h4-6,9H,7-8,10H2,1-3H3,(H,19,20). The number of carboxylic acid groups (broad SMARTS) is 1. The van der Waals surface area contributed by atoms with Crippen LogP contribution in [-0.4, -0.2) is 40.6 Å². The van der Waals surface area contributed by atoms with Crippen LogP contribution in [0.3, 0.4) is 0 Å². The van der Waals surface area contributed by atoms with Gasteiger partial charge in [0.15, 0.2) is 0 Å². The van der Waals surface area contributed by atoms with Crippen molar-refractivity contribution in [3.8, 4) is 5.75 Å². The van der Waals surface area contributed by atoms with Gasteiger partial charge < -0.3 is 14.7 Å². The van der Waals surface area contributed by atoms with E-state index in [2.05, 4.69) is 15.9 Å². The van der Waals surface area contributed by atoms with Gasteiger partial charge in [0.2, 0.25) is 5.91 Å². The SMILES string of the molecule is CC(C)(C)N(CC(=O)O)C(=O)CCOc1cccc(Br)c1. The molecule has 21 heavy (non-hydrogen) atoms. The van der Waals surface area contributed by atoms with Crippen molar-refractivity contribution in [1.82, 2.24) is 4.90 Å². The quantitative estimate of drug-likeness (QED) is 0.849. The molecule has 0 spiro atoms. The van der Waals surface area contributed by atoms with Crippen LogP contribution >= 0.6 is 15.9 Å². The van der Waals surface area contributed by atoms with E-state index >= 15 is 0 Å². The Bertz CT molecular complexity index is 511. The molecule has 1 aromatic carbocycles. The highest BCUT2D eigenvalue weighted by Gasteiger charge is 2.27. The molecule has 1 aromatic rings. The molecule has 0 bridgehead atoms. The molecule has 0 radical (unpaired) electrons. The minimum atomic E-state index is -1.02. The van der Waals surface area contributed by atoms with E-state index in [4.69, 9.17) is 9.84 Å². The normalized spacial score (nSPS) is 11.0. The number of nitrogens with zero attached hydrogens (tertiary/aromatic N) is 1. The third-order valence-corrected chi connectivity index (χ3v) is 3.28. The third kappa shape index (κ3) is 6.16. The molecule has 0 fully saturated rings. The maximum Gasteiger partial charge on any atom is 0.323 e. The molecule has 0 atom stereocenters. The smallest absolute Gasteiger partial charge is 0.323 e. The van der Waals surface area contributed by atoms with Crippen molar-refractivity contribution in [1.29, 1.82) is 0 Å². The van der Waals surface area contributed by atoms with E-state index in [1.165, 1.54) is 4.90 Å². The molecule has 116 valence electrons. The lowest BCUT2D eigenvalue weighted by atomic mass is 10.1. The maximum atomic E-state index is 12.2. The maximum absolute atomic E-state index is 12.2. The molecule has 6 heteroatoms. The first-order valence-electron chi connectivity index (χ1n) is 6.61. The van der Waals surface area contributed by atoms with Crippen molar-refractivity contribution in [2.75, 3.05) is 13.2 Å². The first kappa shape index (κ1) is 17.5. The molecule has 1 N–H and O–H groups in total. The van der Waals surface area contributed by atoms with Crippen LogP contribution in [-0.2, 0) is 9.59 Å². The van der Waals surface area contributed by atoms with Crippen LogP contribution < -0.4 is 4.74 Å². The zero-order chi connectivity index (χ0) is 16.0. The molecule has 0 aliphatic rings. The van der Waals surface area contributed by atoms with Crippen molar-refractivity contribution < 1.29 is 19.4 Å². The van der Waals surface area contributed by atoms with Crippen LogP contribution in [0, 0.1) is 0 Å². The molecule has 0 aliphatic carbocycles. The summed E-state index contributed by atoms with van der Waals surface area (Å²) in [5.41, 5.74) is -0.536. The van der Waals surface area contributed by atoms with E-state index in [1.54, 1.807) is 6.07 Å². The van der Waals surface area contributed by atoms with Gasteiger partial charge in [0, 0.05) is 10.0 Å². The van der Waals surface area contributed by atoms with Crippen molar-refractivity contribution >= 4 is 27.8 Å². The number of halogens is 1. The van der Waals surface area contributed by atoms with E-state index < -0.39 is 11.5 Å². The van der Waals surface area contributed by atoms with Gasteiger partial charge in [-0.2, -0.15) is 0 Å². The molecule has 1 amide bonds. The predicted molar refractivity (Wildman–Crippen MR) is 83.4 cm³/mol. The van der Waals surface area contributed by atoms with Crippen molar-refractivity contribution in [2.45, 2.75) is 32.7 Å². The number of benzene rings is 1. The second-order valence-corrected chi connectivity index (χ2v) is 6.52. The van der Waals surface area contributed by atoms with Gasteiger partial charge in [-0.3, -0.25) is 9.59 Å². The van der Waals surface area contributed by atoms with Gasteiger partial charge in [0.05, 0.1) is 13.0 Å². The summed E-state index contributed by atoms with van der Waals surface area (Å²) in [5.74, 6) is -0.594. The number of carboxylic acids is 1. The fourth-order valence-electron chi connectivity index (χ4n) is 1.78. The Kier molecular flexibility index (Phi) is 6.20. The number of hydrogen-bond acceptors (Lipinski definition) is 3. The first-order chi connectivity index (χ1) is 9.70. The summed E-state index contributed by atoms with van der Waals surface area (Å²) < 4.78 is 6.40. The topological polar surface area (TPSA) is 66.8 Å². The molecule has 0 heterocycles. The fourth-order valence-corrected chi connectivity index (χ4v) is 2.16. The number of carbonyl (C=O) groups is 2. The van der Waals surface area contributed by atoms with Crippen LogP contribution in [0.1, 0.15) is 27.2 Å². The Hall–Kier alpha value is -1.56. The summed E-state index contributed by atoms with van der Waals surface area (Å²) in [6, 6.07) is 7.33. The van der Waals surface area contributed by atoms with Gasteiger partial charge >= 0.3 is 5.97 Å². The van der Waals surface area contributed by atoms with E-state index in [0.717, 1.165) is 4.47 Å². The molecule has 0 saturated heterocycles. The fraction of sp³-hybridized carbons (Fsp3) is 0.467. The molecule has 5 nitrogen and oxygen atoms in total. The number of aliphatic carboxylic acids is 1. The highest BCUT2D eigenvalue weighted by atomic mass is 79.9. The van der Waals surface area contributed by atoms with Gasteiger partial charge in [0.1, 0.15) is 12.3 Å². The number of hydrogen-bond donors (Lipinski definition) is 1. The van der Waals surface area contributed by atoms with Crippen molar-refractivity contribution in [3.63, 3.8) is 0 Å². The van der Waals surface area contributed by atoms with Crippen LogP contribution in [0.25, 0.3) is 0 Å².